The van der Waals surface area contributed by atoms with Crippen LogP contribution >= 0.6 is 11.8 Å². The van der Waals surface area contributed by atoms with Crippen LogP contribution < -0.4 is 11.1 Å². The van der Waals surface area contributed by atoms with Crippen LogP contribution in [0.2, 0.25) is 0 Å². The standard InChI is InChI=1S/C19H21N7O2S/c1-11-5-3-4-6-13(11)24-18(27)14-7-29-10-26(14)19(28)12(2)25-9-23-15-16(20)21-8-22-17(15)25/h3-6,8-9,12,14H,7,10H2,1-2H3,(H,24,27)(H2,20,21,22). The van der Waals surface area contributed by atoms with Crippen LogP contribution in [0, 0.1) is 6.92 Å². The molecule has 1 saturated heterocycles. The quantitative estimate of drug-likeness (QED) is 0.672. The number of aromatic nitrogens is 4. The smallest absolute Gasteiger partial charge is 0.248 e. The Morgan fingerprint density at radius 3 is 2.86 bits per heavy atom. The fourth-order valence-electron chi connectivity index (χ4n) is 3.32. The number of amides is 2. The molecular weight excluding hydrogens is 390 g/mol. The minimum absolute atomic E-state index is 0.170. The predicted octanol–water partition coefficient (Wildman–Crippen LogP) is 1.82. The van der Waals surface area contributed by atoms with Crippen LogP contribution in [0.1, 0.15) is 18.5 Å². The van der Waals surface area contributed by atoms with Gasteiger partial charge < -0.3 is 20.5 Å². The average molecular weight is 411 g/mol. The molecule has 0 radical (unpaired) electrons. The lowest BCUT2D eigenvalue weighted by Crippen LogP contribution is -2.46. The molecule has 0 aliphatic carbocycles. The van der Waals surface area contributed by atoms with Gasteiger partial charge in [-0.15, -0.1) is 11.8 Å². The van der Waals surface area contributed by atoms with Gasteiger partial charge in [-0.2, -0.15) is 0 Å². The van der Waals surface area contributed by atoms with E-state index in [2.05, 4.69) is 20.3 Å². The van der Waals surface area contributed by atoms with Gasteiger partial charge >= 0.3 is 0 Å². The van der Waals surface area contributed by atoms with Crippen molar-refractivity contribution in [2.75, 3.05) is 22.7 Å². The topological polar surface area (TPSA) is 119 Å². The number of rotatable bonds is 4. The Bertz CT molecular complexity index is 1080. The number of aryl methyl sites for hydroxylation is 1. The Morgan fingerprint density at radius 2 is 2.07 bits per heavy atom. The lowest BCUT2D eigenvalue weighted by molar-refractivity contribution is -0.138. The van der Waals surface area contributed by atoms with E-state index in [0.717, 1.165) is 11.3 Å². The molecule has 3 heterocycles. The average Bonchev–Trinajstić information content (AvgIpc) is 3.36. The number of carbonyl (C=O) groups is 2. The van der Waals surface area contributed by atoms with E-state index in [1.807, 2.05) is 31.2 Å². The first-order valence-electron chi connectivity index (χ1n) is 9.15. The number of imidazole rings is 1. The molecule has 9 nitrogen and oxygen atoms in total. The minimum atomic E-state index is -0.582. The molecule has 2 unspecified atom stereocenters. The summed E-state index contributed by atoms with van der Waals surface area (Å²) < 4.78 is 1.66. The van der Waals surface area contributed by atoms with Gasteiger partial charge in [0.2, 0.25) is 11.8 Å². The first kappa shape index (κ1) is 19.2. The predicted molar refractivity (Wildman–Crippen MR) is 112 cm³/mol. The van der Waals surface area contributed by atoms with Crippen molar-refractivity contribution in [3.8, 4) is 0 Å². The van der Waals surface area contributed by atoms with Crippen molar-refractivity contribution in [2.45, 2.75) is 25.9 Å². The van der Waals surface area contributed by atoms with Gasteiger partial charge in [0.05, 0.1) is 12.2 Å². The highest BCUT2D eigenvalue weighted by Crippen LogP contribution is 2.27. The molecule has 3 aromatic rings. The Labute approximate surface area is 171 Å². The molecule has 1 fully saturated rings. The van der Waals surface area contributed by atoms with E-state index < -0.39 is 12.1 Å². The number of nitrogens with two attached hydrogens (primary N) is 1. The third-order valence-electron chi connectivity index (χ3n) is 5.03. The monoisotopic (exact) mass is 411 g/mol. The van der Waals surface area contributed by atoms with Gasteiger partial charge in [-0.3, -0.25) is 9.59 Å². The third-order valence-corrected chi connectivity index (χ3v) is 6.04. The van der Waals surface area contributed by atoms with Crippen LogP contribution in [0.5, 0.6) is 0 Å². The van der Waals surface area contributed by atoms with Gasteiger partial charge in [0.15, 0.2) is 11.5 Å². The largest absolute Gasteiger partial charge is 0.382 e. The summed E-state index contributed by atoms with van der Waals surface area (Å²) >= 11 is 1.56. The van der Waals surface area contributed by atoms with E-state index in [-0.39, 0.29) is 17.6 Å². The summed E-state index contributed by atoms with van der Waals surface area (Å²) in [5.74, 6) is 0.915. The molecule has 10 heteroatoms. The normalized spacial score (nSPS) is 17.4. The molecule has 2 aromatic heterocycles. The maximum atomic E-state index is 13.2. The van der Waals surface area contributed by atoms with Crippen molar-refractivity contribution in [1.29, 1.82) is 0 Å². The van der Waals surface area contributed by atoms with Gasteiger partial charge in [-0.25, -0.2) is 15.0 Å². The van der Waals surface area contributed by atoms with E-state index >= 15 is 0 Å². The Hall–Kier alpha value is -3.14. The number of para-hydroxylation sites is 1. The minimum Gasteiger partial charge on any atom is -0.382 e. The molecule has 29 heavy (non-hydrogen) atoms. The highest BCUT2D eigenvalue weighted by Gasteiger charge is 2.37. The molecule has 0 bridgehead atoms. The molecule has 1 aliphatic rings. The fourth-order valence-corrected chi connectivity index (χ4v) is 4.48. The molecule has 1 aliphatic heterocycles. The van der Waals surface area contributed by atoms with E-state index in [1.165, 1.54) is 12.7 Å². The molecule has 4 rings (SSSR count). The van der Waals surface area contributed by atoms with E-state index in [0.29, 0.717) is 22.8 Å². The zero-order valence-electron chi connectivity index (χ0n) is 16.1. The summed E-state index contributed by atoms with van der Waals surface area (Å²) in [6.07, 6.45) is 2.88. The summed E-state index contributed by atoms with van der Waals surface area (Å²) in [5, 5.41) is 2.95. The summed E-state index contributed by atoms with van der Waals surface area (Å²) in [6.45, 7) is 3.70. The number of nitrogen functional groups attached to an aromatic ring is 1. The number of anilines is 2. The van der Waals surface area contributed by atoms with Crippen LogP contribution in [0.25, 0.3) is 11.2 Å². The van der Waals surface area contributed by atoms with Gasteiger partial charge in [-0.1, -0.05) is 18.2 Å². The number of fused-ring (bicyclic) bond motifs is 1. The first-order valence-corrected chi connectivity index (χ1v) is 10.3. The number of hydrogen-bond donors (Lipinski definition) is 2. The maximum Gasteiger partial charge on any atom is 0.248 e. The van der Waals surface area contributed by atoms with Crippen LogP contribution in [-0.4, -0.2) is 53.9 Å². The van der Waals surface area contributed by atoms with Gasteiger partial charge in [0.25, 0.3) is 0 Å². The highest BCUT2D eigenvalue weighted by molar-refractivity contribution is 7.99. The van der Waals surface area contributed by atoms with Crippen molar-refractivity contribution in [3.63, 3.8) is 0 Å². The number of nitrogens with one attached hydrogen (secondary N) is 1. The zero-order valence-corrected chi connectivity index (χ0v) is 16.9. The van der Waals surface area contributed by atoms with Crippen molar-refractivity contribution < 1.29 is 9.59 Å². The number of benzene rings is 1. The highest BCUT2D eigenvalue weighted by atomic mass is 32.2. The Balaban J connectivity index is 1.54. The molecule has 0 spiro atoms. The molecule has 0 saturated carbocycles. The SMILES string of the molecule is Cc1ccccc1NC(=O)C1CSCN1C(=O)C(C)n1cnc2c(N)ncnc21. The summed E-state index contributed by atoms with van der Waals surface area (Å²) in [6, 6.07) is 6.45. The van der Waals surface area contributed by atoms with E-state index in [1.54, 1.807) is 28.2 Å². The van der Waals surface area contributed by atoms with Gasteiger partial charge in [-0.05, 0) is 25.5 Å². The van der Waals surface area contributed by atoms with Crippen LogP contribution in [0.4, 0.5) is 11.5 Å². The number of nitrogens with zero attached hydrogens (tertiary/aromatic N) is 5. The Kier molecular flexibility index (Phi) is 5.10. The summed E-state index contributed by atoms with van der Waals surface area (Å²) in [4.78, 5) is 40.1. The summed E-state index contributed by atoms with van der Waals surface area (Å²) in [7, 11) is 0. The van der Waals surface area contributed by atoms with Crippen LogP contribution in [0.3, 0.4) is 0 Å². The molecule has 3 N–H and O–H groups in total. The third kappa shape index (κ3) is 3.51. The molecule has 2 amide bonds. The summed E-state index contributed by atoms with van der Waals surface area (Å²) in [5.41, 5.74) is 8.51. The van der Waals surface area contributed by atoms with Crippen molar-refractivity contribution in [2.24, 2.45) is 0 Å². The van der Waals surface area contributed by atoms with Gasteiger partial charge in [0.1, 0.15) is 23.9 Å². The van der Waals surface area contributed by atoms with Crippen molar-refractivity contribution >= 4 is 46.2 Å². The number of carbonyl (C=O) groups excluding carboxylic acids is 2. The lowest BCUT2D eigenvalue weighted by atomic mass is 10.1. The second-order valence-electron chi connectivity index (χ2n) is 6.89. The maximum absolute atomic E-state index is 13.2. The second kappa shape index (κ2) is 7.70. The van der Waals surface area contributed by atoms with Gasteiger partial charge in [0, 0.05) is 11.4 Å². The fraction of sp³-hybridized carbons (Fsp3) is 0.316. The Morgan fingerprint density at radius 1 is 1.28 bits per heavy atom. The zero-order chi connectivity index (χ0) is 20.5. The second-order valence-corrected chi connectivity index (χ2v) is 7.89. The van der Waals surface area contributed by atoms with E-state index in [4.69, 9.17) is 5.73 Å². The first-order chi connectivity index (χ1) is 14.0. The van der Waals surface area contributed by atoms with E-state index in [9.17, 15) is 9.59 Å². The molecule has 150 valence electrons. The van der Waals surface area contributed by atoms with Crippen LogP contribution in [-0.2, 0) is 9.59 Å². The molecular formula is C19H21N7O2S. The lowest BCUT2D eigenvalue weighted by Gasteiger charge is -2.26. The number of hydrogen-bond acceptors (Lipinski definition) is 7. The van der Waals surface area contributed by atoms with Crippen molar-refractivity contribution in [3.05, 3.63) is 42.5 Å². The molecule has 1 aromatic carbocycles. The van der Waals surface area contributed by atoms with Crippen LogP contribution in [0.15, 0.2) is 36.9 Å². The number of thioether (sulfide) groups is 1. The van der Waals surface area contributed by atoms with Crippen molar-refractivity contribution in [1.82, 2.24) is 24.4 Å². The molecule has 2 atom stereocenters.